The largest absolute Gasteiger partial charge is 0.402 e. The van der Waals surface area contributed by atoms with Gasteiger partial charge in [0.25, 0.3) is 5.69 Å². The Hall–Kier alpha value is -2.70. The molecule has 0 spiro atoms. The van der Waals surface area contributed by atoms with Crippen LogP contribution in [0.4, 0.5) is 5.69 Å². The molecule has 2 aromatic carbocycles. The third-order valence-corrected chi connectivity index (χ3v) is 3.76. The SMILES string of the molecule is O=C1OC(c2ccc(Cl)cc2Cl)=N/C1=C/c1ccccc1[N+](=O)[O-]. The molecule has 0 aromatic heterocycles. The van der Waals surface area contributed by atoms with E-state index in [9.17, 15) is 14.9 Å². The van der Waals surface area contributed by atoms with Gasteiger partial charge in [-0.2, -0.15) is 0 Å². The first kappa shape index (κ1) is 16.2. The van der Waals surface area contributed by atoms with E-state index >= 15 is 0 Å². The third kappa shape index (κ3) is 3.15. The fraction of sp³-hybridized carbons (Fsp3) is 0. The van der Waals surface area contributed by atoms with Crippen LogP contribution < -0.4 is 0 Å². The molecule has 0 aliphatic carbocycles. The smallest absolute Gasteiger partial charge is 0.363 e. The van der Waals surface area contributed by atoms with E-state index in [1.165, 1.54) is 30.3 Å². The van der Waals surface area contributed by atoms with E-state index in [4.69, 9.17) is 27.9 Å². The average Bonchev–Trinajstić information content (AvgIpc) is 2.88. The van der Waals surface area contributed by atoms with Crippen molar-refractivity contribution in [2.75, 3.05) is 0 Å². The average molecular weight is 363 g/mol. The zero-order valence-corrected chi connectivity index (χ0v) is 13.4. The zero-order chi connectivity index (χ0) is 17.3. The first-order valence-corrected chi connectivity index (χ1v) is 7.42. The van der Waals surface area contributed by atoms with E-state index < -0.39 is 10.9 Å². The molecule has 3 rings (SSSR count). The molecule has 120 valence electrons. The van der Waals surface area contributed by atoms with Crippen molar-refractivity contribution in [1.82, 2.24) is 0 Å². The number of carbonyl (C=O) groups excluding carboxylic acids is 1. The highest BCUT2D eigenvalue weighted by Gasteiger charge is 2.26. The van der Waals surface area contributed by atoms with Crippen LogP contribution in [-0.4, -0.2) is 16.8 Å². The van der Waals surface area contributed by atoms with Crippen LogP contribution in [0.15, 0.2) is 53.2 Å². The second kappa shape index (κ2) is 6.43. The fourth-order valence-corrected chi connectivity index (χ4v) is 2.60. The van der Waals surface area contributed by atoms with E-state index in [1.807, 2.05) is 0 Å². The normalized spacial score (nSPS) is 15.3. The Morgan fingerprint density at radius 3 is 2.62 bits per heavy atom. The highest BCUT2D eigenvalue weighted by Crippen LogP contribution is 2.27. The van der Waals surface area contributed by atoms with Gasteiger partial charge in [0.2, 0.25) is 5.90 Å². The first-order chi connectivity index (χ1) is 11.5. The second-order valence-corrected chi connectivity index (χ2v) is 5.62. The minimum Gasteiger partial charge on any atom is -0.402 e. The van der Waals surface area contributed by atoms with Gasteiger partial charge < -0.3 is 4.74 Å². The molecule has 1 aliphatic heterocycles. The van der Waals surface area contributed by atoms with E-state index in [0.717, 1.165) is 0 Å². The topological polar surface area (TPSA) is 81.8 Å². The molecule has 24 heavy (non-hydrogen) atoms. The molecule has 2 aromatic rings. The maximum absolute atomic E-state index is 12.0. The number of para-hydroxylation sites is 1. The van der Waals surface area contributed by atoms with Crippen LogP contribution in [0.25, 0.3) is 6.08 Å². The molecule has 8 heteroatoms. The monoisotopic (exact) mass is 362 g/mol. The van der Waals surface area contributed by atoms with E-state index in [2.05, 4.69) is 4.99 Å². The van der Waals surface area contributed by atoms with Crippen molar-refractivity contribution < 1.29 is 14.5 Å². The van der Waals surface area contributed by atoms with E-state index in [1.54, 1.807) is 18.2 Å². The first-order valence-electron chi connectivity index (χ1n) is 6.67. The minimum atomic E-state index is -0.714. The molecular weight excluding hydrogens is 355 g/mol. The van der Waals surface area contributed by atoms with Crippen molar-refractivity contribution in [2.45, 2.75) is 0 Å². The van der Waals surface area contributed by atoms with Gasteiger partial charge in [0.05, 0.1) is 21.1 Å². The number of halogens is 2. The summed E-state index contributed by atoms with van der Waals surface area (Å²) in [5.74, 6) is -0.694. The number of nitro groups is 1. The van der Waals surface area contributed by atoms with Crippen molar-refractivity contribution in [3.63, 3.8) is 0 Å². The van der Waals surface area contributed by atoms with Gasteiger partial charge in [0.15, 0.2) is 5.70 Å². The summed E-state index contributed by atoms with van der Waals surface area (Å²) in [6.07, 6.45) is 1.30. The maximum atomic E-state index is 12.0. The molecule has 0 bridgehead atoms. The Morgan fingerprint density at radius 1 is 1.17 bits per heavy atom. The highest BCUT2D eigenvalue weighted by atomic mass is 35.5. The van der Waals surface area contributed by atoms with Crippen LogP contribution in [0.5, 0.6) is 0 Å². The second-order valence-electron chi connectivity index (χ2n) is 4.78. The van der Waals surface area contributed by atoms with Crippen molar-refractivity contribution >= 4 is 46.8 Å². The lowest BCUT2D eigenvalue weighted by atomic mass is 10.1. The molecular formula is C16H8Cl2N2O4. The molecule has 0 amide bonds. The van der Waals surface area contributed by atoms with Gasteiger partial charge in [-0.1, -0.05) is 35.3 Å². The van der Waals surface area contributed by atoms with Gasteiger partial charge >= 0.3 is 5.97 Å². The zero-order valence-electron chi connectivity index (χ0n) is 11.9. The summed E-state index contributed by atoms with van der Waals surface area (Å²) in [5.41, 5.74) is 0.471. The fourth-order valence-electron chi connectivity index (χ4n) is 2.11. The van der Waals surface area contributed by atoms with Crippen LogP contribution in [0.1, 0.15) is 11.1 Å². The summed E-state index contributed by atoms with van der Waals surface area (Å²) in [6.45, 7) is 0. The minimum absolute atomic E-state index is 0.0199. The Bertz CT molecular complexity index is 922. The lowest BCUT2D eigenvalue weighted by Gasteiger charge is -2.02. The Morgan fingerprint density at radius 2 is 1.92 bits per heavy atom. The number of ether oxygens (including phenoxy) is 1. The molecule has 1 heterocycles. The summed E-state index contributed by atoms with van der Waals surface area (Å²) in [4.78, 5) is 26.6. The lowest BCUT2D eigenvalue weighted by Crippen LogP contribution is -2.06. The summed E-state index contributed by atoms with van der Waals surface area (Å²) in [6, 6.07) is 10.7. The predicted octanol–water partition coefficient (Wildman–Crippen LogP) is 4.25. The molecule has 1 aliphatic rings. The lowest BCUT2D eigenvalue weighted by molar-refractivity contribution is -0.385. The van der Waals surface area contributed by atoms with E-state index in [-0.39, 0.29) is 27.9 Å². The summed E-state index contributed by atoms with van der Waals surface area (Å²) >= 11 is 11.9. The molecule has 0 fully saturated rings. The number of esters is 1. The van der Waals surface area contributed by atoms with Gasteiger partial charge in [0.1, 0.15) is 0 Å². The molecule has 6 nitrogen and oxygen atoms in total. The van der Waals surface area contributed by atoms with Gasteiger partial charge in [-0.15, -0.1) is 0 Å². The number of aliphatic imine (C=N–C) groups is 1. The van der Waals surface area contributed by atoms with Crippen molar-refractivity contribution in [2.24, 2.45) is 4.99 Å². The standard InChI is InChI=1S/C16H8Cl2N2O4/c17-10-5-6-11(12(18)8-10)15-19-13(16(21)24-15)7-9-3-1-2-4-14(9)20(22)23/h1-8H/b13-7+. The molecule has 0 unspecified atom stereocenters. The Balaban J connectivity index is 2.02. The van der Waals surface area contributed by atoms with Gasteiger partial charge in [-0.25, -0.2) is 9.79 Å². The van der Waals surface area contributed by atoms with Crippen LogP contribution in [0.2, 0.25) is 10.0 Å². The molecule has 0 saturated heterocycles. The number of hydrogen-bond acceptors (Lipinski definition) is 5. The van der Waals surface area contributed by atoms with Gasteiger partial charge in [-0.3, -0.25) is 10.1 Å². The number of cyclic esters (lactones) is 1. The maximum Gasteiger partial charge on any atom is 0.363 e. The summed E-state index contributed by atoms with van der Waals surface area (Å²) in [7, 11) is 0. The van der Waals surface area contributed by atoms with E-state index in [0.29, 0.717) is 10.6 Å². The predicted molar refractivity (Wildman–Crippen MR) is 90.2 cm³/mol. The van der Waals surface area contributed by atoms with Crippen LogP contribution in [0, 0.1) is 10.1 Å². The van der Waals surface area contributed by atoms with Gasteiger partial charge in [-0.05, 0) is 30.3 Å². The highest BCUT2D eigenvalue weighted by molar-refractivity contribution is 6.37. The molecule has 0 atom stereocenters. The van der Waals surface area contributed by atoms with Crippen molar-refractivity contribution in [1.29, 1.82) is 0 Å². The number of rotatable bonds is 3. The number of hydrogen-bond donors (Lipinski definition) is 0. The molecule has 0 radical (unpaired) electrons. The summed E-state index contributed by atoms with van der Waals surface area (Å²) < 4.78 is 5.10. The Kier molecular flexibility index (Phi) is 4.33. The summed E-state index contributed by atoms with van der Waals surface area (Å²) in [5, 5.41) is 11.7. The molecule has 0 N–H and O–H groups in total. The quantitative estimate of drug-likeness (QED) is 0.353. The van der Waals surface area contributed by atoms with Crippen molar-refractivity contribution in [3.8, 4) is 0 Å². The van der Waals surface area contributed by atoms with Gasteiger partial charge in [0, 0.05) is 11.1 Å². The number of benzene rings is 2. The number of carbonyl (C=O) groups is 1. The number of nitro benzene ring substituents is 1. The van der Waals surface area contributed by atoms with Crippen molar-refractivity contribution in [3.05, 3.63) is 79.4 Å². The third-order valence-electron chi connectivity index (χ3n) is 3.21. The van der Waals surface area contributed by atoms with Crippen LogP contribution in [0.3, 0.4) is 0 Å². The molecule has 0 saturated carbocycles. The van der Waals surface area contributed by atoms with Crippen LogP contribution in [-0.2, 0) is 9.53 Å². The van der Waals surface area contributed by atoms with Crippen LogP contribution >= 0.6 is 23.2 Å². The Labute approximate surface area is 146 Å². The number of nitrogens with zero attached hydrogens (tertiary/aromatic N) is 2.